The first-order valence-corrected chi connectivity index (χ1v) is 8.40. The van der Waals surface area contributed by atoms with Gasteiger partial charge in [0.05, 0.1) is 5.56 Å². The summed E-state index contributed by atoms with van der Waals surface area (Å²) in [7, 11) is 0. The first-order valence-electron chi connectivity index (χ1n) is 8.40. The van der Waals surface area contributed by atoms with Crippen LogP contribution in [0, 0.1) is 23.3 Å². The van der Waals surface area contributed by atoms with Crippen molar-refractivity contribution in [3.8, 4) is 0 Å². The number of amides is 2. The normalized spacial score (nSPS) is 10.3. The van der Waals surface area contributed by atoms with Crippen LogP contribution in [0.5, 0.6) is 0 Å². The summed E-state index contributed by atoms with van der Waals surface area (Å²) in [6.07, 6.45) is 0.0167. The average Bonchev–Trinajstić information content (AvgIpc) is 2.66. The number of carbonyl (C=O) groups is 3. The number of halogens is 4. The number of ether oxygens (including phenoxy) is 1. The zero-order valence-corrected chi connectivity index (χ0v) is 14.9. The highest BCUT2D eigenvalue weighted by molar-refractivity contribution is 5.94. The van der Waals surface area contributed by atoms with E-state index in [0.29, 0.717) is 6.07 Å². The molecule has 6 nitrogen and oxygen atoms in total. The van der Waals surface area contributed by atoms with Gasteiger partial charge >= 0.3 is 5.97 Å². The van der Waals surface area contributed by atoms with Crippen LogP contribution in [0.4, 0.5) is 23.2 Å². The maximum absolute atomic E-state index is 13.5. The second kappa shape index (κ2) is 10.2. The molecule has 2 aromatic carbocycles. The van der Waals surface area contributed by atoms with Crippen molar-refractivity contribution in [3.63, 3.8) is 0 Å². The van der Waals surface area contributed by atoms with Crippen LogP contribution in [0.3, 0.4) is 0 Å². The molecule has 0 spiro atoms. The second-order valence-corrected chi connectivity index (χ2v) is 5.82. The van der Waals surface area contributed by atoms with Crippen LogP contribution >= 0.6 is 0 Å². The Balaban J connectivity index is 1.66. The van der Waals surface area contributed by atoms with Crippen LogP contribution in [0.25, 0.3) is 0 Å². The molecule has 2 amide bonds. The second-order valence-electron chi connectivity index (χ2n) is 5.82. The predicted molar refractivity (Wildman–Crippen MR) is 93.9 cm³/mol. The predicted octanol–water partition coefficient (Wildman–Crippen LogP) is 2.93. The van der Waals surface area contributed by atoms with E-state index in [0.717, 1.165) is 30.3 Å². The molecule has 0 heterocycles. The van der Waals surface area contributed by atoms with Gasteiger partial charge in [0.1, 0.15) is 11.6 Å². The van der Waals surface area contributed by atoms with Gasteiger partial charge in [0.15, 0.2) is 18.2 Å². The van der Waals surface area contributed by atoms with E-state index >= 15 is 0 Å². The third-order valence-electron chi connectivity index (χ3n) is 3.59. The molecule has 0 atom stereocenters. The molecule has 2 aromatic rings. The summed E-state index contributed by atoms with van der Waals surface area (Å²) >= 11 is 0. The molecule has 0 aliphatic rings. The molecule has 0 radical (unpaired) electrons. The van der Waals surface area contributed by atoms with Crippen LogP contribution in [0.1, 0.15) is 23.2 Å². The van der Waals surface area contributed by atoms with Crippen LogP contribution < -0.4 is 10.6 Å². The third-order valence-corrected chi connectivity index (χ3v) is 3.59. The lowest BCUT2D eigenvalue weighted by Crippen LogP contribution is -2.26. The highest BCUT2D eigenvalue weighted by Crippen LogP contribution is 2.13. The molecular formula is C19H16F4N2O4. The average molecular weight is 412 g/mol. The third kappa shape index (κ3) is 6.91. The minimum atomic E-state index is -1.14. The van der Waals surface area contributed by atoms with E-state index in [2.05, 4.69) is 10.6 Å². The summed E-state index contributed by atoms with van der Waals surface area (Å²) < 4.78 is 56.8. The highest BCUT2D eigenvalue weighted by Gasteiger charge is 2.13. The van der Waals surface area contributed by atoms with Crippen molar-refractivity contribution in [2.24, 2.45) is 0 Å². The molecule has 0 unspecified atom stereocenters. The molecule has 0 aromatic heterocycles. The van der Waals surface area contributed by atoms with Gasteiger partial charge in [0.2, 0.25) is 0 Å². The van der Waals surface area contributed by atoms with Crippen molar-refractivity contribution >= 4 is 23.5 Å². The Morgan fingerprint density at radius 2 is 1.66 bits per heavy atom. The summed E-state index contributed by atoms with van der Waals surface area (Å²) in [5, 5.41) is 4.60. The first kappa shape index (κ1) is 21.9. The number of benzene rings is 2. The number of carbonyl (C=O) groups excluding carboxylic acids is 3. The molecule has 29 heavy (non-hydrogen) atoms. The fourth-order valence-electron chi connectivity index (χ4n) is 2.19. The van der Waals surface area contributed by atoms with E-state index in [1.165, 1.54) is 0 Å². The van der Waals surface area contributed by atoms with Crippen LogP contribution in [0.2, 0.25) is 0 Å². The molecule has 2 N–H and O–H groups in total. The van der Waals surface area contributed by atoms with Gasteiger partial charge in [-0.1, -0.05) is 0 Å². The Kier molecular flexibility index (Phi) is 7.70. The van der Waals surface area contributed by atoms with Crippen molar-refractivity contribution in [1.29, 1.82) is 0 Å². The Bertz CT molecular complexity index is 921. The van der Waals surface area contributed by atoms with Crippen molar-refractivity contribution in [2.45, 2.75) is 12.8 Å². The lowest BCUT2D eigenvalue weighted by Gasteiger charge is -2.08. The summed E-state index contributed by atoms with van der Waals surface area (Å²) in [5.41, 5.74) is -0.330. The molecular weight excluding hydrogens is 396 g/mol. The SMILES string of the molecule is O=C(COC(=O)CCCNC(=O)c1ccc(F)cc1F)Nc1ccc(F)c(F)c1. The first-order chi connectivity index (χ1) is 13.8. The Hall–Kier alpha value is -3.43. The van der Waals surface area contributed by atoms with Gasteiger partial charge in [-0.2, -0.15) is 0 Å². The Morgan fingerprint density at radius 1 is 0.897 bits per heavy atom. The van der Waals surface area contributed by atoms with E-state index in [-0.39, 0.29) is 30.6 Å². The van der Waals surface area contributed by atoms with Gasteiger partial charge in [-0.3, -0.25) is 14.4 Å². The molecule has 0 aliphatic heterocycles. The van der Waals surface area contributed by atoms with E-state index in [9.17, 15) is 31.9 Å². The molecule has 0 aliphatic carbocycles. The monoisotopic (exact) mass is 412 g/mol. The molecule has 2 rings (SSSR count). The summed E-state index contributed by atoms with van der Waals surface area (Å²) in [5.74, 6) is -6.26. The fraction of sp³-hybridized carbons (Fsp3) is 0.211. The highest BCUT2D eigenvalue weighted by atomic mass is 19.2. The van der Waals surface area contributed by atoms with Crippen molar-refractivity contribution in [3.05, 3.63) is 65.2 Å². The Labute approximate surface area is 162 Å². The van der Waals surface area contributed by atoms with Gasteiger partial charge in [0, 0.05) is 30.8 Å². The quantitative estimate of drug-likeness (QED) is 0.397. The topological polar surface area (TPSA) is 84.5 Å². The summed E-state index contributed by atoms with van der Waals surface area (Å²) in [6.45, 7) is -0.614. The van der Waals surface area contributed by atoms with Gasteiger partial charge < -0.3 is 15.4 Å². The molecule has 0 bridgehead atoms. The van der Waals surface area contributed by atoms with Crippen molar-refractivity contribution in [1.82, 2.24) is 5.32 Å². The van der Waals surface area contributed by atoms with Gasteiger partial charge in [-0.15, -0.1) is 0 Å². The fourth-order valence-corrected chi connectivity index (χ4v) is 2.19. The summed E-state index contributed by atoms with van der Waals surface area (Å²) in [6, 6.07) is 5.29. The van der Waals surface area contributed by atoms with Gasteiger partial charge in [-0.25, -0.2) is 17.6 Å². The van der Waals surface area contributed by atoms with Crippen LogP contribution in [-0.4, -0.2) is 30.9 Å². The molecule has 154 valence electrons. The Morgan fingerprint density at radius 3 is 2.34 bits per heavy atom. The van der Waals surface area contributed by atoms with Gasteiger partial charge in [-0.05, 0) is 30.7 Å². The number of nitrogens with one attached hydrogen (secondary N) is 2. The number of rotatable bonds is 8. The van der Waals surface area contributed by atoms with Crippen LogP contribution in [-0.2, 0) is 14.3 Å². The van der Waals surface area contributed by atoms with E-state index in [4.69, 9.17) is 4.74 Å². The lowest BCUT2D eigenvalue weighted by molar-refractivity contribution is -0.147. The lowest BCUT2D eigenvalue weighted by atomic mass is 10.2. The zero-order valence-electron chi connectivity index (χ0n) is 14.9. The number of esters is 1. The zero-order chi connectivity index (χ0) is 21.4. The molecule has 0 saturated carbocycles. The summed E-state index contributed by atoms with van der Waals surface area (Å²) in [4.78, 5) is 35.0. The smallest absolute Gasteiger partial charge is 0.306 e. The largest absolute Gasteiger partial charge is 0.456 e. The number of hydrogen-bond donors (Lipinski definition) is 2. The maximum Gasteiger partial charge on any atom is 0.306 e. The standard InChI is InChI=1S/C19H16F4N2O4/c20-11-3-5-13(15(22)8-11)19(28)24-7-1-2-18(27)29-10-17(26)25-12-4-6-14(21)16(23)9-12/h3-6,8-9H,1-2,7,10H2,(H,24,28)(H,25,26). The minimum absolute atomic E-state index is 0.000636. The van der Waals surface area contributed by atoms with Gasteiger partial charge in [0.25, 0.3) is 11.8 Å². The minimum Gasteiger partial charge on any atom is -0.456 e. The number of anilines is 1. The van der Waals surface area contributed by atoms with Crippen molar-refractivity contribution < 1.29 is 36.7 Å². The number of hydrogen-bond acceptors (Lipinski definition) is 4. The van der Waals surface area contributed by atoms with E-state index in [1.54, 1.807) is 0 Å². The maximum atomic E-state index is 13.5. The van der Waals surface area contributed by atoms with E-state index in [1.807, 2.05) is 0 Å². The molecule has 10 heteroatoms. The van der Waals surface area contributed by atoms with Crippen LogP contribution in [0.15, 0.2) is 36.4 Å². The van der Waals surface area contributed by atoms with E-state index < -0.39 is 47.7 Å². The van der Waals surface area contributed by atoms with Crippen molar-refractivity contribution in [2.75, 3.05) is 18.5 Å². The molecule has 0 fully saturated rings. The molecule has 0 saturated heterocycles.